The van der Waals surface area contributed by atoms with Gasteiger partial charge in [-0.1, -0.05) is 48.0 Å². The Hall–Kier alpha value is -3.17. The van der Waals surface area contributed by atoms with E-state index in [0.29, 0.717) is 28.4 Å². The van der Waals surface area contributed by atoms with Gasteiger partial charge in [-0.25, -0.2) is 0 Å². The molecule has 1 heterocycles. The molecule has 0 spiro atoms. The van der Waals surface area contributed by atoms with Gasteiger partial charge in [-0.3, -0.25) is 19.4 Å². The van der Waals surface area contributed by atoms with E-state index >= 15 is 0 Å². The molecule has 8 nitrogen and oxygen atoms in total. The van der Waals surface area contributed by atoms with E-state index in [1.54, 1.807) is 24.3 Å². The molecular weight excluding hydrogens is 462 g/mol. The lowest BCUT2D eigenvalue weighted by Gasteiger charge is -2.14. The molecule has 1 aromatic heterocycles. The van der Waals surface area contributed by atoms with E-state index in [9.17, 15) is 14.4 Å². The molecule has 3 N–H and O–H groups in total. The first kappa shape index (κ1) is 24.5. The molecule has 0 saturated carbocycles. The molecule has 0 aliphatic heterocycles. The van der Waals surface area contributed by atoms with Crippen LogP contribution in [0.15, 0.2) is 46.3 Å². The highest BCUT2D eigenvalue weighted by Gasteiger charge is 2.21. The summed E-state index contributed by atoms with van der Waals surface area (Å²) in [5.41, 5.74) is 2.96. The number of benzene rings is 2. The molecule has 3 rings (SSSR count). The van der Waals surface area contributed by atoms with Crippen molar-refractivity contribution < 1.29 is 9.59 Å². The average molecular weight is 486 g/mol. The van der Waals surface area contributed by atoms with E-state index in [1.807, 2.05) is 32.9 Å². The second-order valence-electron chi connectivity index (χ2n) is 7.51. The van der Waals surface area contributed by atoms with Crippen LogP contribution in [0.4, 0.5) is 11.4 Å². The Kier molecular flexibility index (Phi) is 7.88. The highest BCUT2D eigenvalue weighted by atomic mass is 35.5. The van der Waals surface area contributed by atoms with Crippen molar-refractivity contribution in [3.05, 3.63) is 62.9 Å². The molecule has 0 saturated heterocycles. The molecule has 0 bridgehead atoms. The van der Waals surface area contributed by atoms with E-state index in [4.69, 9.17) is 11.6 Å². The Morgan fingerprint density at radius 3 is 2.52 bits per heavy atom. The van der Waals surface area contributed by atoms with Gasteiger partial charge in [-0.2, -0.15) is 0 Å². The van der Waals surface area contributed by atoms with Gasteiger partial charge >= 0.3 is 0 Å². The zero-order valence-corrected chi connectivity index (χ0v) is 20.2. The van der Waals surface area contributed by atoms with E-state index in [1.165, 1.54) is 6.92 Å². The number of nitrogens with one attached hydrogen (secondary N) is 3. The summed E-state index contributed by atoms with van der Waals surface area (Å²) in [7, 11) is 0. The maximum absolute atomic E-state index is 12.8. The van der Waals surface area contributed by atoms with Crippen LogP contribution in [0.3, 0.4) is 0 Å². The van der Waals surface area contributed by atoms with Crippen LogP contribution in [0.5, 0.6) is 0 Å². The van der Waals surface area contributed by atoms with Gasteiger partial charge in [-0.15, -0.1) is 10.2 Å². The normalized spacial score (nSPS) is 11.7. The summed E-state index contributed by atoms with van der Waals surface area (Å²) in [5.74, 6) is -0.496. The number of thioether (sulfide) groups is 1. The number of carbonyl (C=O) groups is 2. The maximum atomic E-state index is 12.8. The van der Waals surface area contributed by atoms with E-state index in [-0.39, 0.29) is 22.7 Å². The number of aromatic amines is 1. The van der Waals surface area contributed by atoms with Crippen LogP contribution in [0.25, 0.3) is 11.3 Å². The molecule has 2 aromatic carbocycles. The summed E-state index contributed by atoms with van der Waals surface area (Å²) in [6, 6.07) is 10.6. The van der Waals surface area contributed by atoms with E-state index < -0.39 is 10.8 Å². The van der Waals surface area contributed by atoms with Gasteiger partial charge < -0.3 is 10.6 Å². The van der Waals surface area contributed by atoms with Gasteiger partial charge in [0.05, 0.1) is 10.9 Å². The molecule has 0 fully saturated rings. The molecule has 172 valence electrons. The highest BCUT2D eigenvalue weighted by Crippen LogP contribution is 2.27. The molecule has 33 heavy (non-hydrogen) atoms. The minimum absolute atomic E-state index is 0.0820. The lowest BCUT2D eigenvalue weighted by molar-refractivity contribution is -0.116. The second-order valence-corrected chi connectivity index (χ2v) is 9.10. The Morgan fingerprint density at radius 2 is 1.88 bits per heavy atom. The van der Waals surface area contributed by atoms with Gasteiger partial charge in [0, 0.05) is 23.2 Å². The number of hydrogen-bond donors (Lipinski definition) is 3. The Labute approximate surface area is 200 Å². The molecule has 10 heteroatoms. The van der Waals surface area contributed by atoms with Crippen molar-refractivity contribution in [3.63, 3.8) is 0 Å². The third-order valence-electron chi connectivity index (χ3n) is 4.77. The molecule has 1 unspecified atom stereocenters. The second kappa shape index (κ2) is 10.6. The van der Waals surface area contributed by atoms with Crippen LogP contribution in [-0.2, 0) is 9.59 Å². The SMILES string of the molecule is CCC(Sc1nnc(-c2cc(C)ccc2NC(C)=O)c(=O)[nH]1)C(=O)Nc1ccc(C)c(Cl)c1. The van der Waals surface area contributed by atoms with Crippen molar-refractivity contribution in [2.24, 2.45) is 0 Å². The first-order valence-corrected chi connectivity index (χ1v) is 11.5. The van der Waals surface area contributed by atoms with Gasteiger partial charge in [0.25, 0.3) is 5.56 Å². The number of aryl methyl sites for hydroxylation is 2. The van der Waals surface area contributed by atoms with Crippen LogP contribution in [0.1, 0.15) is 31.4 Å². The number of halogens is 1. The molecule has 0 radical (unpaired) electrons. The minimum atomic E-state index is -0.505. The fourth-order valence-corrected chi connectivity index (χ4v) is 4.08. The number of anilines is 2. The van der Waals surface area contributed by atoms with Crippen molar-refractivity contribution in [1.29, 1.82) is 0 Å². The zero-order valence-electron chi connectivity index (χ0n) is 18.7. The number of aromatic nitrogens is 3. The highest BCUT2D eigenvalue weighted by molar-refractivity contribution is 8.00. The lowest BCUT2D eigenvalue weighted by atomic mass is 10.1. The van der Waals surface area contributed by atoms with Crippen molar-refractivity contribution >= 4 is 46.6 Å². The van der Waals surface area contributed by atoms with Crippen molar-refractivity contribution in [2.45, 2.75) is 44.5 Å². The Morgan fingerprint density at radius 1 is 1.12 bits per heavy atom. The third-order valence-corrected chi connectivity index (χ3v) is 6.42. The number of carbonyl (C=O) groups excluding carboxylic acids is 2. The fraction of sp³-hybridized carbons (Fsp3) is 0.261. The predicted molar refractivity (Wildman–Crippen MR) is 132 cm³/mol. The largest absolute Gasteiger partial charge is 0.326 e. The summed E-state index contributed by atoms with van der Waals surface area (Å²) in [5, 5.41) is 14.0. The Balaban J connectivity index is 1.81. The summed E-state index contributed by atoms with van der Waals surface area (Å²) < 4.78 is 0. The van der Waals surface area contributed by atoms with Crippen molar-refractivity contribution in [1.82, 2.24) is 15.2 Å². The predicted octanol–water partition coefficient (Wildman–Crippen LogP) is 4.57. The van der Waals surface area contributed by atoms with Gasteiger partial charge in [0.15, 0.2) is 10.9 Å². The van der Waals surface area contributed by atoms with E-state index in [0.717, 1.165) is 22.9 Å². The number of nitrogens with zero attached hydrogens (tertiary/aromatic N) is 2. The fourth-order valence-electron chi connectivity index (χ4n) is 3.05. The van der Waals surface area contributed by atoms with Crippen LogP contribution in [-0.4, -0.2) is 32.2 Å². The van der Waals surface area contributed by atoms with Crippen LogP contribution < -0.4 is 16.2 Å². The van der Waals surface area contributed by atoms with Crippen molar-refractivity contribution in [2.75, 3.05) is 10.6 Å². The topological polar surface area (TPSA) is 117 Å². The lowest BCUT2D eigenvalue weighted by Crippen LogP contribution is -2.25. The monoisotopic (exact) mass is 485 g/mol. The van der Waals surface area contributed by atoms with Crippen LogP contribution in [0.2, 0.25) is 5.02 Å². The Bertz CT molecular complexity index is 1260. The number of H-pyrrole nitrogens is 1. The van der Waals surface area contributed by atoms with E-state index in [2.05, 4.69) is 25.8 Å². The minimum Gasteiger partial charge on any atom is -0.326 e. The average Bonchev–Trinajstić information content (AvgIpc) is 2.75. The standard InChI is InChI=1S/C23H24ClN5O3S/c1-5-19(21(31)26-15-8-7-13(3)17(24)11-15)33-23-27-22(32)20(28-29-23)16-10-12(2)6-9-18(16)25-14(4)30/h6-11,19H,5H2,1-4H3,(H,25,30)(H,26,31)(H,27,29,32). The summed E-state index contributed by atoms with van der Waals surface area (Å²) in [6.07, 6.45) is 0.506. The molecular formula is C23H24ClN5O3S. The van der Waals surface area contributed by atoms with Crippen LogP contribution in [0, 0.1) is 13.8 Å². The number of rotatable bonds is 7. The molecule has 1 atom stereocenters. The molecule has 3 aromatic rings. The van der Waals surface area contributed by atoms with Gasteiger partial charge in [-0.05, 0) is 50.1 Å². The first-order chi connectivity index (χ1) is 15.7. The van der Waals surface area contributed by atoms with Crippen molar-refractivity contribution in [3.8, 4) is 11.3 Å². The number of hydrogen-bond acceptors (Lipinski definition) is 6. The van der Waals surface area contributed by atoms with Gasteiger partial charge in [0.1, 0.15) is 0 Å². The summed E-state index contributed by atoms with van der Waals surface area (Å²) >= 11 is 7.25. The van der Waals surface area contributed by atoms with Gasteiger partial charge in [0.2, 0.25) is 11.8 Å². The third kappa shape index (κ3) is 6.21. The zero-order chi connectivity index (χ0) is 24.1. The smallest absolute Gasteiger partial charge is 0.278 e. The maximum Gasteiger partial charge on any atom is 0.278 e. The molecule has 0 aliphatic rings. The summed E-state index contributed by atoms with van der Waals surface area (Å²) in [4.78, 5) is 39.8. The van der Waals surface area contributed by atoms with Crippen LogP contribution >= 0.6 is 23.4 Å². The number of amides is 2. The first-order valence-electron chi connectivity index (χ1n) is 10.3. The molecule has 0 aliphatic carbocycles. The quantitative estimate of drug-likeness (QED) is 0.422. The summed E-state index contributed by atoms with van der Waals surface area (Å²) in [6.45, 7) is 7.01. The molecule has 2 amide bonds.